The summed E-state index contributed by atoms with van der Waals surface area (Å²) in [6, 6.07) is 7.24. The highest BCUT2D eigenvalue weighted by molar-refractivity contribution is 5.74. The SMILES string of the molecule is CF.CF.FC(F)c1cc(-c2cn3ccnc3c(Nc3cccc(OC(F)C(F)F)c3)n2)cc(C(F)(F)F)c1. The molecule has 0 radical (unpaired) electrons. The molecule has 0 fully saturated rings. The minimum Gasteiger partial charge on any atom is -0.454 e. The van der Waals surface area contributed by atoms with E-state index in [0.717, 1.165) is 6.07 Å². The van der Waals surface area contributed by atoms with Gasteiger partial charge in [0.25, 0.3) is 12.8 Å². The highest BCUT2D eigenvalue weighted by Gasteiger charge is 2.32. The largest absolute Gasteiger partial charge is 0.454 e. The van der Waals surface area contributed by atoms with Crippen molar-refractivity contribution in [2.24, 2.45) is 0 Å². The summed E-state index contributed by atoms with van der Waals surface area (Å²) in [4.78, 5) is 8.33. The van der Waals surface area contributed by atoms with Gasteiger partial charge in [-0.25, -0.2) is 27.5 Å². The van der Waals surface area contributed by atoms with E-state index < -0.39 is 36.5 Å². The number of anilines is 2. The lowest BCUT2D eigenvalue weighted by Gasteiger charge is -2.14. The first-order valence-corrected chi connectivity index (χ1v) is 10.6. The first kappa shape index (κ1) is 31.2. The number of nitrogens with zero attached hydrogens (tertiary/aromatic N) is 3. The number of hydrogen-bond acceptors (Lipinski definition) is 4. The minimum atomic E-state index is -4.87. The highest BCUT2D eigenvalue weighted by Crippen LogP contribution is 2.36. The summed E-state index contributed by atoms with van der Waals surface area (Å²) in [5.41, 5.74) is -1.98. The molecule has 0 aliphatic heterocycles. The van der Waals surface area contributed by atoms with Gasteiger partial charge < -0.3 is 14.5 Å². The molecule has 39 heavy (non-hydrogen) atoms. The van der Waals surface area contributed by atoms with Crippen molar-refractivity contribution in [3.8, 4) is 17.0 Å². The molecule has 0 spiro atoms. The Kier molecular flexibility index (Phi) is 10.9. The van der Waals surface area contributed by atoms with Crippen LogP contribution in [0, 0.1) is 0 Å². The van der Waals surface area contributed by atoms with Crippen LogP contribution >= 0.6 is 0 Å². The van der Waals surface area contributed by atoms with Crippen molar-refractivity contribution in [1.29, 1.82) is 0 Å². The second-order valence-electron chi connectivity index (χ2n) is 7.23. The van der Waals surface area contributed by atoms with E-state index in [1.54, 1.807) is 0 Å². The molecular weight excluding hydrogens is 550 g/mol. The van der Waals surface area contributed by atoms with Crippen LogP contribution in [0.3, 0.4) is 0 Å². The molecule has 2 aromatic carbocycles. The zero-order chi connectivity index (χ0) is 29.3. The molecule has 5 nitrogen and oxygen atoms in total. The van der Waals surface area contributed by atoms with Crippen LogP contribution in [0.2, 0.25) is 0 Å². The lowest BCUT2D eigenvalue weighted by atomic mass is 10.0. The fraction of sp³-hybridized carbons (Fsp3) is 0.250. The summed E-state index contributed by atoms with van der Waals surface area (Å²) in [6.45, 7) is 0. The maximum atomic E-state index is 13.3. The van der Waals surface area contributed by atoms with Gasteiger partial charge in [-0.15, -0.1) is 0 Å². The molecule has 212 valence electrons. The van der Waals surface area contributed by atoms with Crippen LogP contribution in [-0.4, -0.2) is 41.5 Å². The molecule has 0 bridgehead atoms. The van der Waals surface area contributed by atoms with E-state index in [2.05, 4.69) is 20.0 Å². The second-order valence-corrected chi connectivity index (χ2v) is 7.23. The van der Waals surface area contributed by atoms with Crippen LogP contribution in [0.1, 0.15) is 17.6 Å². The van der Waals surface area contributed by atoms with E-state index in [-0.39, 0.29) is 34.2 Å². The van der Waals surface area contributed by atoms with E-state index in [9.17, 15) is 43.9 Å². The number of halogens is 10. The molecule has 2 heterocycles. The highest BCUT2D eigenvalue weighted by atomic mass is 19.4. The Hall–Kier alpha value is -4.04. The summed E-state index contributed by atoms with van der Waals surface area (Å²) >= 11 is 0. The first-order valence-electron chi connectivity index (χ1n) is 10.6. The number of rotatable bonds is 7. The zero-order valence-electron chi connectivity index (χ0n) is 20.0. The Morgan fingerprint density at radius 1 is 0.923 bits per heavy atom. The third-order valence-corrected chi connectivity index (χ3v) is 4.75. The number of nitrogens with one attached hydrogen (secondary N) is 1. The van der Waals surface area contributed by atoms with Crippen LogP contribution in [0.25, 0.3) is 16.9 Å². The van der Waals surface area contributed by atoms with Gasteiger partial charge in [0.1, 0.15) is 5.75 Å². The topological polar surface area (TPSA) is 51.5 Å². The van der Waals surface area contributed by atoms with Gasteiger partial charge in [-0.2, -0.15) is 17.6 Å². The van der Waals surface area contributed by atoms with E-state index >= 15 is 0 Å². The molecule has 4 rings (SSSR count). The van der Waals surface area contributed by atoms with Crippen molar-refractivity contribution in [1.82, 2.24) is 14.4 Å². The van der Waals surface area contributed by atoms with Gasteiger partial charge in [-0.3, -0.25) is 8.78 Å². The van der Waals surface area contributed by atoms with Gasteiger partial charge in [-0.05, 0) is 30.3 Å². The molecule has 2 aromatic heterocycles. The zero-order valence-corrected chi connectivity index (χ0v) is 20.0. The standard InChI is InChI=1S/C22H14F8N4O.2CH3F/c23-17(24)12-6-11(7-13(8-12)22(28,29)30)16-10-34-5-4-31-21(34)20(33-16)32-14-2-1-3-15(9-14)35-19(27)18(25)26;2*1-2/h1-10,17-19H,(H,32,33);2*1H3. The molecule has 4 aromatic rings. The Labute approximate surface area is 215 Å². The number of alkyl halides is 10. The quantitative estimate of drug-likeness (QED) is 0.228. The molecule has 1 N–H and O–H groups in total. The molecule has 0 amide bonds. The van der Waals surface area contributed by atoms with Crippen molar-refractivity contribution in [3.63, 3.8) is 0 Å². The van der Waals surface area contributed by atoms with Gasteiger partial charge in [0, 0.05) is 41.5 Å². The van der Waals surface area contributed by atoms with Gasteiger partial charge in [0.05, 0.1) is 25.6 Å². The van der Waals surface area contributed by atoms with Crippen LogP contribution in [0.4, 0.5) is 55.4 Å². The van der Waals surface area contributed by atoms with Crippen molar-refractivity contribution < 1.29 is 48.6 Å². The van der Waals surface area contributed by atoms with Crippen LogP contribution < -0.4 is 10.1 Å². The number of fused-ring (bicyclic) bond motifs is 1. The predicted molar refractivity (Wildman–Crippen MR) is 124 cm³/mol. The molecule has 0 aliphatic carbocycles. The van der Waals surface area contributed by atoms with E-state index in [1.807, 2.05) is 0 Å². The molecule has 0 saturated heterocycles. The van der Waals surface area contributed by atoms with E-state index in [4.69, 9.17) is 0 Å². The average molecular weight is 570 g/mol. The van der Waals surface area contributed by atoms with Crippen LogP contribution in [-0.2, 0) is 6.18 Å². The van der Waals surface area contributed by atoms with Crippen molar-refractivity contribution in [2.45, 2.75) is 25.4 Å². The molecule has 1 unspecified atom stereocenters. The van der Waals surface area contributed by atoms with Gasteiger partial charge in [0.2, 0.25) is 0 Å². The summed E-state index contributed by atoms with van der Waals surface area (Å²) in [7, 11) is 1.00. The fourth-order valence-electron chi connectivity index (χ4n) is 3.21. The fourth-order valence-corrected chi connectivity index (χ4v) is 3.21. The Bertz CT molecular complexity index is 1340. The number of ether oxygens (including phenoxy) is 1. The first-order chi connectivity index (χ1) is 18.5. The Balaban J connectivity index is 0.00000127. The van der Waals surface area contributed by atoms with Gasteiger partial charge >= 0.3 is 12.6 Å². The van der Waals surface area contributed by atoms with E-state index in [0.29, 0.717) is 26.5 Å². The summed E-state index contributed by atoms with van der Waals surface area (Å²) in [5.74, 6) is -0.218. The third kappa shape index (κ3) is 7.97. The average Bonchev–Trinajstić information content (AvgIpc) is 3.39. The normalized spacial score (nSPS) is 11.9. The summed E-state index contributed by atoms with van der Waals surface area (Å²) in [6.07, 6.45) is -10.1. The second kappa shape index (κ2) is 13.7. The maximum Gasteiger partial charge on any atom is 0.416 e. The van der Waals surface area contributed by atoms with Crippen molar-refractivity contribution in [2.75, 3.05) is 19.7 Å². The lowest BCUT2D eigenvalue weighted by molar-refractivity contribution is -0.137. The van der Waals surface area contributed by atoms with Gasteiger partial charge in [0.15, 0.2) is 11.5 Å². The third-order valence-electron chi connectivity index (χ3n) is 4.75. The van der Waals surface area contributed by atoms with Crippen LogP contribution in [0.5, 0.6) is 5.75 Å². The monoisotopic (exact) mass is 570 g/mol. The molecular formula is C24H20F10N4O. The van der Waals surface area contributed by atoms with E-state index in [1.165, 1.54) is 47.3 Å². The molecule has 15 heteroatoms. The van der Waals surface area contributed by atoms with Crippen molar-refractivity contribution in [3.05, 3.63) is 72.2 Å². The lowest BCUT2D eigenvalue weighted by Crippen LogP contribution is -2.19. The van der Waals surface area contributed by atoms with Crippen LogP contribution in [0.15, 0.2) is 61.1 Å². The summed E-state index contributed by atoms with van der Waals surface area (Å²) < 4.78 is 129. The Morgan fingerprint density at radius 3 is 2.23 bits per heavy atom. The number of aromatic nitrogens is 3. The summed E-state index contributed by atoms with van der Waals surface area (Å²) in [5, 5.41) is 2.81. The molecule has 1 atom stereocenters. The molecule has 0 saturated carbocycles. The van der Waals surface area contributed by atoms with Crippen molar-refractivity contribution >= 4 is 17.2 Å². The maximum absolute atomic E-state index is 13.3. The number of hydrogen-bond donors (Lipinski definition) is 1. The number of benzene rings is 2. The predicted octanol–water partition coefficient (Wildman–Crippen LogP) is 8.21. The van der Waals surface area contributed by atoms with Gasteiger partial charge in [-0.1, -0.05) is 6.07 Å². The minimum absolute atomic E-state index is 0.00585. The Morgan fingerprint density at radius 2 is 1.62 bits per heavy atom. The number of imidazole rings is 1. The smallest absolute Gasteiger partial charge is 0.416 e. The molecule has 0 aliphatic rings.